The van der Waals surface area contributed by atoms with Crippen LogP contribution in [0.2, 0.25) is 10.0 Å². The van der Waals surface area contributed by atoms with Gasteiger partial charge in [0.15, 0.2) is 5.75 Å². The monoisotopic (exact) mass is 339 g/mol. The molecule has 0 fully saturated rings. The molecule has 2 aromatic rings. The number of ether oxygens (including phenoxy) is 2. The summed E-state index contributed by atoms with van der Waals surface area (Å²) in [5.74, 6) is 6.17. The lowest BCUT2D eigenvalue weighted by Crippen LogP contribution is -2.20. The van der Waals surface area contributed by atoms with E-state index in [2.05, 4.69) is 10.7 Å². The molecular formula is C14H11Cl2N3O3. The van der Waals surface area contributed by atoms with E-state index in [1.807, 2.05) is 0 Å². The van der Waals surface area contributed by atoms with E-state index in [1.54, 1.807) is 30.3 Å². The van der Waals surface area contributed by atoms with Crippen molar-refractivity contribution in [3.8, 4) is 11.5 Å². The molecular weight excluding hydrogens is 329 g/mol. The minimum atomic E-state index is -0.475. The Hall–Kier alpha value is -2.15. The van der Waals surface area contributed by atoms with Crippen molar-refractivity contribution < 1.29 is 14.3 Å². The van der Waals surface area contributed by atoms with Gasteiger partial charge in [0.2, 0.25) is 0 Å². The Morgan fingerprint density at radius 1 is 1.23 bits per heavy atom. The van der Waals surface area contributed by atoms with Crippen molar-refractivity contribution in [3.05, 3.63) is 45.9 Å². The van der Waals surface area contributed by atoms with Crippen LogP contribution in [0.1, 0.15) is 5.56 Å². The summed E-state index contributed by atoms with van der Waals surface area (Å²) in [5.41, 5.74) is 4.52. The van der Waals surface area contributed by atoms with Gasteiger partial charge in [0.05, 0.1) is 21.4 Å². The number of rotatable bonds is 3. The van der Waals surface area contributed by atoms with Crippen LogP contribution in [0.25, 0.3) is 0 Å². The first-order chi connectivity index (χ1) is 10.6. The lowest BCUT2D eigenvalue weighted by atomic mass is 10.1. The van der Waals surface area contributed by atoms with Crippen molar-refractivity contribution in [2.24, 2.45) is 5.84 Å². The molecule has 0 bridgehead atoms. The number of hydrogen-bond donors (Lipinski definition) is 3. The van der Waals surface area contributed by atoms with Crippen LogP contribution < -0.4 is 21.3 Å². The lowest BCUT2D eigenvalue weighted by molar-refractivity contribution is 0.151. The number of carbonyl (C=O) groups is 1. The molecule has 8 heteroatoms. The number of amides is 1. The molecule has 1 aliphatic rings. The Kier molecular flexibility index (Phi) is 3.98. The minimum Gasteiger partial charge on any atom is -0.454 e. The first kappa shape index (κ1) is 14.8. The fourth-order valence-electron chi connectivity index (χ4n) is 2.02. The molecule has 6 nitrogen and oxygen atoms in total. The highest BCUT2D eigenvalue weighted by molar-refractivity contribution is 6.37. The van der Waals surface area contributed by atoms with Crippen molar-refractivity contribution >= 4 is 40.7 Å². The van der Waals surface area contributed by atoms with E-state index < -0.39 is 6.09 Å². The maximum absolute atomic E-state index is 11.1. The summed E-state index contributed by atoms with van der Waals surface area (Å²) >= 11 is 12.3. The van der Waals surface area contributed by atoms with Gasteiger partial charge in [-0.15, -0.1) is 0 Å². The number of nitrogens with two attached hydrogens (primary N) is 1. The zero-order chi connectivity index (χ0) is 15.7. The minimum absolute atomic E-state index is 0.176. The smallest absolute Gasteiger partial charge is 0.411 e. The van der Waals surface area contributed by atoms with Crippen LogP contribution in [0, 0.1) is 0 Å². The van der Waals surface area contributed by atoms with E-state index in [1.165, 1.54) is 0 Å². The predicted octanol–water partition coefficient (Wildman–Crippen LogP) is 4.13. The quantitative estimate of drug-likeness (QED) is 0.578. The first-order valence-corrected chi connectivity index (χ1v) is 7.02. The number of cyclic esters (lactones) is 1. The molecule has 0 spiro atoms. The number of halogens is 2. The maximum Gasteiger partial charge on any atom is 0.411 e. The third kappa shape index (κ3) is 2.89. The van der Waals surface area contributed by atoms with E-state index in [0.29, 0.717) is 32.9 Å². The van der Waals surface area contributed by atoms with Gasteiger partial charge in [0.25, 0.3) is 0 Å². The molecule has 3 rings (SSSR count). The van der Waals surface area contributed by atoms with Gasteiger partial charge in [-0.3, -0.25) is 11.2 Å². The highest BCUT2D eigenvalue weighted by atomic mass is 35.5. The average molecular weight is 340 g/mol. The van der Waals surface area contributed by atoms with Crippen LogP contribution in [0.4, 0.5) is 16.2 Å². The summed E-state index contributed by atoms with van der Waals surface area (Å²) in [6.07, 6.45) is -0.475. The fraction of sp³-hybridized carbons (Fsp3) is 0.0714. The number of carbonyl (C=O) groups excluding carboxylic acids is 1. The molecule has 0 unspecified atom stereocenters. The second-order valence-corrected chi connectivity index (χ2v) is 5.35. The molecule has 22 heavy (non-hydrogen) atoms. The molecule has 0 saturated heterocycles. The molecule has 0 aromatic heterocycles. The Balaban J connectivity index is 1.89. The highest BCUT2D eigenvalue weighted by Gasteiger charge is 2.17. The average Bonchev–Trinajstić information content (AvgIpc) is 2.50. The highest BCUT2D eigenvalue weighted by Crippen LogP contribution is 2.39. The number of fused-ring (bicyclic) bond motifs is 1. The van der Waals surface area contributed by atoms with E-state index in [9.17, 15) is 4.79 Å². The number of nitrogens with one attached hydrogen (secondary N) is 2. The molecule has 0 aliphatic carbocycles. The van der Waals surface area contributed by atoms with Crippen LogP contribution in [0.3, 0.4) is 0 Å². The molecule has 1 amide bonds. The molecule has 0 saturated carbocycles. The van der Waals surface area contributed by atoms with Crippen molar-refractivity contribution in [3.63, 3.8) is 0 Å². The number of hydrogen-bond acceptors (Lipinski definition) is 5. The third-order valence-electron chi connectivity index (χ3n) is 3.06. The zero-order valence-electron chi connectivity index (χ0n) is 11.2. The fourth-order valence-corrected chi connectivity index (χ4v) is 2.59. The SMILES string of the molecule is NNc1cc(Cl)c(Oc2ccc3c(c2)COC(=O)N3)c(Cl)c1. The van der Waals surface area contributed by atoms with Gasteiger partial charge in [0.1, 0.15) is 12.4 Å². The lowest BCUT2D eigenvalue weighted by Gasteiger charge is -2.18. The van der Waals surface area contributed by atoms with Gasteiger partial charge in [0, 0.05) is 5.56 Å². The van der Waals surface area contributed by atoms with Gasteiger partial charge in [-0.1, -0.05) is 23.2 Å². The normalized spacial score (nSPS) is 13.0. The summed E-state index contributed by atoms with van der Waals surface area (Å²) in [4.78, 5) is 11.1. The summed E-state index contributed by atoms with van der Waals surface area (Å²) in [6, 6.07) is 8.38. The topological polar surface area (TPSA) is 85.6 Å². The van der Waals surface area contributed by atoms with Gasteiger partial charge < -0.3 is 14.9 Å². The molecule has 4 N–H and O–H groups in total. The molecule has 1 aliphatic heterocycles. The van der Waals surface area contributed by atoms with Crippen molar-refractivity contribution in [1.82, 2.24) is 0 Å². The van der Waals surface area contributed by atoms with Crippen LogP contribution in [0.5, 0.6) is 11.5 Å². The molecule has 0 radical (unpaired) electrons. The molecule has 2 aromatic carbocycles. The van der Waals surface area contributed by atoms with Crippen molar-refractivity contribution in [2.45, 2.75) is 6.61 Å². The van der Waals surface area contributed by atoms with Gasteiger partial charge in [-0.2, -0.15) is 0 Å². The van der Waals surface area contributed by atoms with Crippen LogP contribution in [0.15, 0.2) is 30.3 Å². The molecule has 1 heterocycles. The zero-order valence-corrected chi connectivity index (χ0v) is 12.7. The Labute approximate surface area is 136 Å². The standard InChI is InChI=1S/C14H11Cl2N3O3/c15-10-4-8(19-17)5-11(16)13(10)22-9-1-2-12-7(3-9)6-21-14(20)18-12/h1-5,19H,6,17H2,(H,18,20). The maximum atomic E-state index is 11.1. The van der Waals surface area contributed by atoms with Gasteiger partial charge >= 0.3 is 6.09 Å². The Morgan fingerprint density at radius 2 is 1.95 bits per heavy atom. The van der Waals surface area contributed by atoms with Crippen LogP contribution in [-0.4, -0.2) is 6.09 Å². The first-order valence-electron chi connectivity index (χ1n) is 6.27. The summed E-state index contributed by atoms with van der Waals surface area (Å²) in [7, 11) is 0. The summed E-state index contributed by atoms with van der Waals surface area (Å²) < 4.78 is 10.6. The second-order valence-electron chi connectivity index (χ2n) is 4.54. The Morgan fingerprint density at radius 3 is 2.64 bits per heavy atom. The number of hydrazine groups is 1. The largest absolute Gasteiger partial charge is 0.454 e. The van der Waals surface area contributed by atoms with E-state index in [-0.39, 0.29) is 6.61 Å². The Bertz CT molecular complexity index is 729. The van der Waals surface area contributed by atoms with Crippen LogP contribution >= 0.6 is 23.2 Å². The number of benzene rings is 2. The number of nitrogen functional groups attached to an aromatic ring is 1. The summed E-state index contributed by atoms with van der Waals surface area (Å²) in [5, 5.41) is 3.24. The van der Waals surface area contributed by atoms with Crippen LogP contribution in [-0.2, 0) is 11.3 Å². The third-order valence-corrected chi connectivity index (χ3v) is 3.62. The van der Waals surface area contributed by atoms with E-state index in [4.69, 9.17) is 38.5 Å². The molecule has 0 atom stereocenters. The van der Waals surface area contributed by atoms with E-state index >= 15 is 0 Å². The molecule has 114 valence electrons. The predicted molar refractivity (Wildman–Crippen MR) is 84.6 cm³/mol. The second kappa shape index (κ2) is 5.92. The van der Waals surface area contributed by atoms with Crippen molar-refractivity contribution in [1.29, 1.82) is 0 Å². The number of anilines is 2. The van der Waals surface area contributed by atoms with Crippen molar-refractivity contribution in [2.75, 3.05) is 10.7 Å². The van der Waals surface area contributed by atoms with E-state index in [0.717, 1.165) is 5.56 Å². The summed E-state index contributed by atoms with van der Waals surface area (Å²) in [6.45, 7) is 0.176. The van der Waals surface area contributed by atoms with Gasteiger partial charge in [-0.05, 0) is 30.3 Å². The van der Waals surface area contributed by atoms with Gasteiger partial charge in [-0.25, -0.2) is 4.79 Å².